The molecule has 106 valence electrons. The molecule has 3 aromatic rings. The van der Waals surface area contributed by atoms with Crippen LogP contribution in [0, 0.1) is 24.6 Å². The fraction of sp³-hybridized carbons (Fsp3) is 0.188. The first-order valence-corrected chi connectivity index (χ1v) is 7.75. The number of hydrogen-bond donors (Lipinski definition) is 1. The minimum Gasteiger partial charge on any atom is -0.357 e. The molecule has 21 heavy (non-hydrogen) atoms. The van der Waals surface area contributed by atoms with E-state index < -0.39 is 0 Å². The molecule has 0 spiro atoms. The molecule has 0 amide bonds. The van der Waals surface area contributed by atoms with Crippen LogP contribution in [-0.2, 0) is 6.42 Å². The summed E-state index contributed by atoms with van der Waals surface area (Å²) in [5.41, 5.74) is 2.59. The zero-order chi connectivity index (χ0) is 14.8. The van der Waals surface area contributed by atoms with Crippen LogP contribution in [0.15, 0.2) is 23.6 Å². The summed E-state index contributed by atoms with van der Waals surface area (Å²) < 4.78 is 13.3. The Bertz CT molecular complexity index is 854. The molecular weight excluding hydrogens is 307 g/mol. The molecule has 0 unspecified atom stereocenters. The molecule has 0 bridgehead atoms. The first-order valence-electron chi connectivity index (χ1n) is 6.49. The van der Waals surface area contributed by atoms with Gasteiger partial charge >= 0.3 is 0 Å². The smallest absolute Gasteiger partial charge is 0.125 e. The summed E-state index contributed by atoms with van der Waals surface area (Å²) in [6.45, 7) is 1.96. The third-order valence-corrected chi connectivity index (χ3v) is 4.13. The normalized spacial score (nSPS) is 10.6. The molecule has 0 aliphatic heterocycles. The average Bonchev–Trinajstić information content (AvgIpc) is 3.01. The van der Waals surface area contributed by atoms with Crippen molar-refractivity contribution in [2.45, 2.75) is 19.8 Å². The Balaban J connectivity index is 1.71. The number of rotatable bonds is 2. The maximum Gasteiger partial charge on any atom is 0.125 e. The topological polar surface area (TPSA) is 28.7 Å². The minimum atomic E-state index is -0.322. The van der Waals surface area contributed by atoms with Crippen molar-refractivity contribution in [3.8, 4) is 11.8 Å². The number of fused-ring (bicyclic) bond motifs is 1. The standard InChI is InChI=1S/C16H12ClFN2S/c1-10-19-14(9-21-10)5-3-2-4-13-7-11-6-12(18)8-15(17)16(11)20-13/h6-9,20H,2,4H2,1H3. The molecule has 0 radical (unpaired) electrons. The summed E-state index contributed by atoms with van der Waals surface area (Å²) in [6, 6.07) is 4.71. The van der Waals surface area contributed by atoms with Crippen molar-refractivity contribution in [2.24, 2.45) is 0 Å². The van der Waals surface area contributed by atoms with Crippen molar-refractivity contribution in [1.82, 2.24) is 9.97 Å². The van der Waals surface area contributed by atoms with Crippen LogP contribution in [0.25, 0.3) is 10.9 Å². The summed E-state index contributed by atoms with van der Waals surface area (Å²) in [7, 11) is 0. The molecular formula is C16H12ClFN2S. The van der Waals surface area contributed by atoms with E-state index in [2.05, 4.69) is 21.8 Å². The Labute approximate surface area is 131 Å². The van der Waals surface area contributed by atoms with E-state index in [0.29, 0.717) is 11.4 Å². The van der Waals surface area contributed by atoms with Crippen LogP contribution in [0.5, 0.6) is 0 Å². The molecule has 0 fully saturated rings. The highest BCUT2D eigenvalue weighted by Gasteiger charge is 2.06. The Morgan fingerprint density at radius 2 is 2.24 bits per heavy atom. The lowest BCUT2D eigenvalue weighted by molar-refractivity contribution is 0.630. The minimum absolute atomic E-state index is 0.322. The number of aromatic nitrogens is 2. The molecule has 2 aromatic heterocycles. The Morgan fingerprint density at radius 3 is 3.00 bits per heavy atom. The van der Waals surface area contributed by atoms with Gasteiger partial charge in [-0.25, -0.2) is 9.37 Å². The molecule has 2 heterocycles. The van der Waals surface area contributed by atoms with Gasteiger partial charge in [-0.15, -0.1) is 11.3 Å². The van der Waals surface area contributed by atoms with Crippen LogP contribution in [0.3, 0.4) is 0 Å². The van der Waals surface area contributed by atoms with Crippen molar-refractivity contribution in [2.75, 3.05) is 0 Å². The number of hydrogen-bond acceptors (Lipinski definition) is 2. The number of nitrogens with zero attached hydrogens (tertiary/aromatic N) is 1. The van der Waals surface area contributed by atoms with Gasteiger partial charge < -0.3 is 4.98 Å². The predicted molar refractivity (Wildman–Crippen MR) is 85.3 cm³/mol. The number of benzene rings is 1. The predicted octanol–water partition coefficient (Wildman–Crippen LogP) is 4.71. The maximum atomic E-state index is 13.3. The summed E-state index contributed by atoms with van der Waals surface area (Å²) >= 11 is 7.61. The van der Waals surface area contributed by atoms with Crippen LogP contribution < -0.4 is 0 Å². The maximum absolute atomic E-state index is 13.3. The Hall–Kier alpha value is -1.83. The molecule has 1 N–H and O–H groups in total. The van der Waals surface area contributed by atoms with E-state index in [1.807, 2.05) is 18.4 Å². The van der Waals surface area contributed by atoms with Gasteiger partial charge in [0.2, 0.25) is 0 Å². The highest BCUT2D eigenvalue weighted by atomic mass is 35.5. The van der Waals surface area contributed by atoms with E-state index in [0.717, 1.165) is 33.7 Å². The van der Waals surface area contributed by atoms with Crippen LogP contribution in [-0.4, -0.2) is 9.97 Å². The Morgan fingerprint density at radius 1 is 1.38 bits per heavy atom. The SMILES string of the molecule is Cc1nc(C#CCCc2cc3cc(F)cc(Cl)c3[nH]2)cs1. The lowest BCUT2D eigenvalue weighted by Gasteiger charge is -1.94. The second-order valence-corrected chi connectivity index (χ2v) is 6.17. The fourth-order valence-electron chi connectivity index (χ4n) is 2.13. The van der Waals surface area contributed by atoms with Crippen LogP contribution in [0.4, 0.5) is 4.39 Å². The summed E-state index contributed by atoms with van der Waals surface area (Å²) in [4.78, 5) is 7.50. The van der Waals surface area contributed by atoms with Gasteiger partial charge in [0, 0.05) is 22.9 Å². The van der Waals surface area contributed by atoms with Gasteiger partial charge in [-0.1, -0.05) is 17.5 Å². The van der Waals surface area contributed by atoms with Crippen molar-refractivity contribution in [3.63, 3.8) is 0 Å². The van der Waals surface area contributed by atoms with Crippen LogP contribution in [0.2, 0.25) is 5.02 Å². The lowest BCUT2D eigenvalue weighted by Crippen LogP contribution is -1.83. The fourth-order valence-corrected chi connectivity index (χ4v) is 2.93. The molecule has 3 rings (SSSR count). The zero-order valence-electron chi connectivity index (χ0n) is 11.3. The number of halogens is 2. The summed E-state index contributed by atoms with van der Waals surface area (Å²) in [5, 5.41) is 4.17. The number of nitrogens with one attached hydrogen (secondary N) is 1. The van der Waals surface area contributed by atoms with Gasteiger partial charge in [0.25, 0.3) is 0 Å². The summed E-state index contributed by atoms with van der Waals surface area (Å²) in [6.07, 6.45) is 1.48. The van der Waals surface area contributed by atoms with Crippen LogP contribution >= 0.6 is 22.9 Å². The number of H-pyrrole nitrogens is 1. The van der Waals surface area contributed by atoms with Crippen LogP contribution in [0.1, 0.15) is 22.8 Å². The zero-order valence-corrected chi connectivity index (χ0v) is 12.9. The molecule has 2 nitrogen and oxygen atoms in total. The van der Waals surface area contributed by atoms with Crippen molar-refractivity contribution in [3.05, 3.63) is 50.8 Å². The van der Waals surface area contributed by atoms with Gasteiger partial charge in [0.1, 0.15) is 11.5 Å². The van der Waals surface area contributed by atoms with E-state index in [1.54, 1.807) is 11.3 Å². The van der Waals surface area contributed by atoms with E-state index in [9.17, 15) is 4.39 Å². The second-order valence-electron chi connectivity index (χ2n) is 4.70. The third kappa shape index (κ3) is 3.26. The molecule has 0 aliphatic carbocycles. The van der Waals surface area contributed by atoms with Gasteiger partial charge in [-0.3, -0.25) is 0 Å². The molecule has 0 aliphatic rings. The first kappa shape index (κ1) is 14.1. The number of aryl methyl sites for hydroxylation is 2. The molecule has 1 aromatic carbocycles. The van der Waals surface area contributed by atoms with Crippen molar-refractivity contribution in [1.29, 1.82) is 0 Å². The van der Waals surface area contributed by atoms with E-state index in [4.69, 9.17) is 11.6 Å². The number of aromatic amines is 1. The quantitative estimate of drug-likeness (QED) is 0.681. The molecule has 0 saturated heterocycles. The molecule has 0 atom stereocenters. The van der Waals surface area contributed by atoms with E-state index in [-0.39, 0.29) is 5.82 Å². The lowest BCUT2D eigenvalue weighted by atomic mass is 10.2. The van der Waals surface area contributed by atoms with Gasteiger partial charge in [-0.2, -0.15) is 0 Å². The van der Waals surface area contributed by atoms with Crippen molar-refractivity contribution < 1.29 is 4.39 Å². The van der Waals surface area contributed by atoms with Gasteiger partial charge in [-0.05, 0) is 37.5 Å². The summed E-state index contributed by atoms with van der Waals surface area (Å²) in [5.74, 6) is 5.82. The highest BCUT2D eigenvalue weighted by molar-refractivity contribution is 7.09. The molecule has 5 heteroatoms. The van der Waals surface area contributed by atoms with Gasteiger partial charge in [0.15, 0.2) is 0 Å². The van der Waals surface area contributed by atoms with E-state index >= 15 is 0 Å². The largest absolute Gasteiger partial charge is 0.357 e. The highest BCUT2D eigenvalue weighted by Crippen LogP contribution is 2.25. The van der Waals surface area contributed by atoms with E-state index in [1.165, 1.54) is 12.1 Å². The number of thiazole rings is 1. The van der Waals surface area contributed by atoms with Gasteiger partial charge in [0.05, 0.1) is 15.5 Å². The first-order chi connectivity index (χ1) is 10.1. The van der Waals surface area contributed by atoms with Crippen molar-refractivity contribution >= 4 is 33.8 Å². The monoisotopic (exact) mass is 318 g/mol. The third-order valence-electron chi connectivity index (χ3n) is 3.06. The average molecular weight is 319 g/mol. The molecule has 0 saturated carbocycles. The Kier molecular flexibility index (Phi) is 3.96. The second kappa shape index (κ2) is 5.88.